The Bertz CT molecular complexity index is 375. The Morgan fingerprint density at radius 2 is 1.75 bits per heavy atom. The zero-order valence-electron chi connectivity index (χ0n) is 12.1. The van der Waals surface area contributed by atoms with Gasteiger partial charge in [0.25, 0.3) is 0 Å². The van der Waals surface area contributed by atoms with E-state index in [1.54, 1.807) is 0 Å². The first-order chi connectivity index (χ1) is 9.74. The molecule has 0 N–H and O–H groups in total. The van der Waals surface area contributed by atoms with Crippen LogP contribution in [0.2, 0.25) is 0 Å². The van der Waals surface area contributed by atoms with Crippen molar-refractivity contribution in [1.82, 2.24) is 9.80 Å². The topological polar surface area (TPSA) is 49.9 Å². The smallest absolute Gasteiger partial charge is 0.225 e. The van der Waals surface area contributed by atoms with Crippen LogP contribution in [0.25, 0.3) is 0 Å². The van der Waals surface area contributed by atoms with E-state index in [2.05, 4.69) is 0 Å². The van der Waals surface area contributed by atoms with E-state index >= 15 is 0 Å². The summed E-state index contributed by atoms with van der Waals surface area (Å²) in [5, 5.41) is 0. The number of carbonyl (C=O) groups excluding carboxylic acids is 2. The van der Waals surface area contributed by atoms with Gasteiger partial charge in [-0.05, 0) is 25.2 Å². The molecule has 5 nitrogen and oxygen atoms in total. The molecule has 3 aliphatic rings. The Morgan fingerprint density at radius 3 is 2.40 bits per heavy atom. The Hall–Kier alpha value is -1.10. The maximum Gasteiger partial charge on any atom is 0.225 e. The van der Waals surface area contributed by atoms with Crippen molar-refractivity contribution in [3.63, 3.8) is 0 Å². The van der Waals surface area contributed by atoms with Crippen LogP contribution in [0.1, 0.15) is 32.1 Å². The van der Waals surface area contributed by atoms with Gasteiger partial charge in [-0.1, -0.05) is 6.42 Å². The van der Waals surface area contributed by atoms with Crippen LogP contribution in [-0.4, -0.2) is 61.0 Å². The fourth-order valence-electron chi connectivity index (χ4n) is 3.30. The van der Waals surface area contributed by atoms with Crippen LogP contribution in [0.5, 0.6) is 0 Å². The van der Waals surface area contributed by atoms with Gasteiger partial charge in [0.1, 0.15) is 0 Å². The lowest BCUT2D eigenvalue weighted by molar-refractivity contribution is -0.138. The summed E-state index contributed by atoms with van der Waals surface area (Å²) in [4.78, 5) is 28.3. The van der Waals surface area contributed by atoms with Gasteiger partial charge in [-0.25, -0.2) is 0 Å². The van der Waals surface area contributed by atoms with E-state index in [4.69, 9.17) is 4.74 Å². The van der Waals surface area contributed by atoms with E-state index in [9.17, 15) is 9.59 Å². The Balaban J connectivity index is 1.44. The van der Waals surface area contributed by atoms with E-state index < -0.39 is 0 Å². The van der Waals surface area contributed by atoms with E-state index in [0.29, 0.717) is 31.5 Å². The summed E-state index contributed by atoms with van der Waals surface area (Å²) in [5.41, 5.74) is 0. The van der Waals surface area contributed by atoms with Crippen molar-refractivity contribution in [2.45, 2.75) is 32.1 Å². The van der Waals surface area contributed by atoms with Crippen molar-refractivity contribution < 1.29 is 14.3 Å². The summed E-state index contributed by atoms with van der Waals surface area (Å²) >= 11 is 0. The summed E-state index contributed by atoms with van der Waals surface area (Å²) in [6.45, 7) is 4.37. The Kier molecular flexibility index (Phi) is 4.24. The molecule has 0 spiro atoms. The normalized spacial score (nSPS) is 27.5. The van der Waals surface area contributed by atoms with Gasteiger partial charge < -0.3 is 14.5 Å². The first-order valence-electron chi connectivity index (χ1n) is 7.88. The molecule has 0 radical (unpaired) electrons. The number of hydrogen-bond donors (Lipinski definition) is 0. The van der Waals surface area contributed by atoms with Crippen molar-refractivity contribution in [2.24, 2.45) is 11.8 Å². The van der Waals surface area contributed by atoms with E-state index in [-0.39, 0.29) is 11.8 Å². The fraction of sp³-hybridized carbons (Fsp3) is 0.867. The van der Waals surface area contributed by atoms with E-state index in [1.807, 2.05) is 9.80 Å². The third kappa shape index (κ3) is 2.97. The van der Waals surface area contributed by atoms with Gasteiger partial charge in [-0.2, -0.15) is 0 Å². The molecule has 3 fully saturated rings. The zero-order chi connectivity index (χ0) is 13.9. The average molecular weight is 280 g/mol. The second kappa shape index (κ2) is 6.12. The molecule has 1 aliphatic carbocycles. The second-order valence-corrected chi connectivity index (χ2v) is 6.26. The molecule has 1 unspecified atom stereocenters. The van der Waals surface area contributed by atoms with Crippen molar-refractivity contribution in [1.29, 1.82) is 0 Å². The summed E-state index contributed by atoms with van der Waals surface area (Å²) in [6.07, 6.45) is 4.89. The lowest BCUT2D eigenvalue weighted by Crippen LogP contribution is -2.41. The number of carbonyl (C=O) groups is 2. The number of rotatable bonds is 3. The highest BCUT2D eigenvalue weighted by molar-refractivity contribution is 5.80. The maximum absolute atomic E-state index is 12.2. The molecule has 0 aromatic heterocycles. The highest BCUT2D eigenvalue weighted by Crippen LogP contribution is 2.31. The van der Waals surface area contributed by atoms with E-state index in [0.717, 1.165) is 45.4 Å². The minimum atomic E-state index is 0.233. The molecule has 0 bridgehead atoms. The number of nitrogens with zero attached hydrogens (tertiary/aromatic N) is 2. The number of ether oxygens (including phenoxy) is 1. The van der Waals surface area contributed by atoms with Gasteiger partial charge in [0, 0.05) is 38.5 Å². The highest BCUT2D eigenvalue weighted by atomic mass is 16.5. The summed E-state index contributed by atoms with van der Waals surface area (Å²) < 4.78 is 5.27. The molecule has 3 rings (SSSR count). The Morgan fingerprint density at radius 1 is 1.00 bits per heavy atom. The average Bonchev–Trinajstić information content (AvgIpc) is 2.86. The monoisotopic (exact) mass is 280 g/mol. The largest absolute Gasteiger partial charge is 0.378 e. The van der Waals surface area contributed by atoms with Crippen molar-refractivity contribution in [3.8, 4) is 0 Å². The van der Waals surface area contributed by atoms with Gasteiger partial charge in [-0.3, -0.25) is 9.59 Å². The molecule has 0 aromatic carbocycles. The number of hydrogen-bond acceptors (Lipinski definition) is 3. The van der Waals surface area contributed by atoms with Gasteiger partial charge in [0.15, 0.2) is 0 Å². The molecule has 2 saturated heterocycles. The van der Waals surface area contributed by atoms with Crippen LogP contribution >= 0.6 is 0 Å². The molecular formula is C15H24N2O3. The SMILES string of the molecule is O=C(CC1CCN(C(=O)C2CCC2)C1)N1CCOCC1. The maximum atomic E-state index is 12.2. The van der Waals surface area contributed by atoms with Gasteiger partial charge in [-0.15, -0.1) is 0 Å². The minimum absolute atomic E-state index is 0.233. The number of likely N-dealkylation sites (tertiary alicyclic amines) is 1. The molecule has 2 amide bonds. The van der Waals surface area contributed by atoms with Crippen LogP contribution in [0.15, 0.2) is 0 Å². The Labute approximate surface area is 120 Å². The van der Waals surface area contributed by atoms with Crippen molar-refractivity contribution in [3.05, 3.63) is 0 Å². The quantitative estimate of drug-likeness (QED) is 0.771. The molecule has 1 saturated carbocycles. The minimum Gasteiger partial charge on any atom is -0.378 e. The molecule has 5 heteroatoms. The van der Waals surface area contributed by atoms with Crippen LogP contribution in [0.4, 0.5) is 0 Å². The first kappa shape index (κ1) is 13.9. The second-order valence-electron chi connectivity index (χ2n) is 6.26. The highest BCUT2D eigenvalue weighted by Gasteiger charge is 2.34. The lowest BCUT2D eigenvalue weighted by atomic mass is 9.84. The first-order valence-corrected chi connectivity index (χ1v) is 7.88. The zero-order valence-corrected chi connectivity index (χ0v) is 12.1. The number of morpholine rings is 1. The predicted molar refractivity (Wildman–Crippen MR) is 74.0 cm³/mol. The molecular weight excluding hydrogens is 256 g/mol. The predicted octanol–water partition coefficient (Wildman–Crippen LogP) is 0.884. The number of amides is 2. The third-order valence-corrected chi connectivity index (χ3v) is 4.88. The molecule has 20 heavy (non-hydrogen) atoms. The molecule has 112 valence electrons. The summed E-state index contributed by atoms with van der Waals surface area (Å²) in [7, 11) is 0. The van der Waals surface area contributed by atoms with Gasteiger partial charge in [0.05, 0.1) is 13.2 Å². The van der Waals surface area contributed by atoms with Crippen molar-refractivity contribution >= 4 is 11.8 Å². The standard InChI is InChI=1S/C15H24N2O3/c18-14(16-6-8-20-9-7-16)10-12-4-5-17(11-12)15(19)13-2-1-3-13/h12-13H,1-11H2. The molecule has 0 aromatic rings. The molecule has 1 atom stereocenters. The van der Waals surface area contributed by atoms with Crippen LogP contribution in [-0.2, 0) is 14.3 Å². The summed E-state index contributed by atoms with van der Waals surface area (Å²) in [5.74, 6) is 1.20. The van der Waals surface area contributed by atoms with Crippen molar-refractivity contribution in [2.75, 3.05) is 39.4 Å². The van der Waals surface area contributed by atoms with Gasteiger partial charge in [0.2, 0.25) is 11.8 Å². The van der Waals surface area contributed by atoms with Crippen LogP contribution in [0.3, 0.4) is 0 Å². The lowest BCUT2D eigenvalue weighted by Gasteiger charge is -2.29. The summed E-state index contributed by atoms with van der Waals surface area (Å²) in [6, 6.07) is 0. The molecule has 2 aliphatic heterocycles. The molecule has 2 heterocycles. The van der Waals surface area contributed by atoms with E-state index in [1.165, 1.54) is 6.42 Å². The fourth-order valence-corrected chi connectivity index (χ4v) is 3.30. The third-order valence-electron chi connectivity index (χ3n) is 4.88. The van der Waals surface area contributed by atoms with Gasteiger partial charge >= 0.3 is 0 Å². The van der Waals surface area contributed by atoms with Crippen LogP contribution < -0.4 is 0 Å². The van der Waals surface area contributed by atoms with Crippen LogP contribution in [0, 0.1) is 11.8 Å².